The van der Waals surface area contributed by atoms with Crippen molar-refractivity contribution < 1.29 is 0 Å². The Morgan fingerprint density at radius 3 is 3.20 bits per heavy atom. The van der Waals surface area contributed by atoms with Crippen LogP contribution in [0, 0.1) is 0 Å². The van der Waals surface area contributed by atoms with Gasteiger partial charge in [0, 0.05) is 18.3 Å². The van der Waals surface area contributed by atoms with Gasteiger partial charge in [-0.2, -0.15) is 0 Å². The van der Waals surface area contributed by atoms with Gasteiger partial charge in [-0.05, 0) is 18.6 Å². The molecule has 2 nitrogen and oxygen atoms in total. The lowest BCUT2D eigenvalue weighted by Crippen LogP contribution is -1.87. The van der Waals surface area contributed by atoms with Crippen molar-refractivity contribution in [2.45, 2.75) is 13.3 Å². The number of hydrogen-bond donors (Lipinski definition) is 0. The third-order valence-electron chi connectivity index (χ3n) is 1.65. The molecule has 0 N–H and O–H groups in total. The molecular formula is C8H8N2. The van der Waals surface area contributed by atoms with Gasteiger partial charge in [-0.1, -0.05) is 0 Å². The highest BCUT2D eigenvalue weighted by Crippen LogP contribution is 2.24. The second-order valence-corrected chi connectivity index (χ2v) is 2.53. The summed E-state index contributed by atoms with van der Waals surface area (Å²) >= 11 is 0. The molecule has 1 aromatic rings. The fraction of sp³-hybridized carbons (Fsp3) is 0.250. The van der Waals surface area contributed by atoms with E-state index in [0.717, 1.165) is 12.1 Å². The monoisotopic (exact) mass is 132 g/mol. The van der Waals surface area contributed by atoms with E-state index in [9.17, 15) is 0 Å². The lowest BCUT2D eigenvalue weighted by Gasteiger charge is -1.90. The van der Waals surface area contributed by atoms with Gasteiger partial charge in [0.25, 0.3) is 0 Å². The Morgan fingerprint density at radius 2 is 2.40 bits per heavy atom. The maximum Gasteiger partial charge on any atom is 0.0847 e. The Labute approximate surface area is 59.6 Å². The van der Waals surface area contributed by atoms with E-state index in [-0.39, 0.29) is 0 Å². The number of rotatable bonds is 0. The van der Waals surface area contributed by atoms with Crippen LogP contribution >= 0.6 is 0 Å². The van der Waals surface area contributed by atoms with Crippen LogP contribution in [-0.2, 0) is 6.42 Å². The molecular weight excluding hydrogens is 124 g/mol. The molecule has 50 valence electrons. The molecule has 1 aliphatic rings. The van der Waals surface area contributed by atoms with E-state index in [1.165, 1.54) is 11.3 Å². The molecule has 0 saturated heterocycles. The standard InChI is InChI=1S/C8H8N2/c1-6-4-7-2-3-9-5-8(7)10-6/h2-3,5H,4H2,1H3. The van der Waals surface area contributed by atoms with Crippen molar-refractivity contribution in [1.82, 2.24) is 4.98 Å². The fourth-order valence-electron chi connectivity index (χ4n) is 1.19. The number of aromatic nitrogens is 1. The van der Waals surface area contributed by atoms with Gasteiger partial charge in [-0.25, -0.2) is 0 Å². The van der Waals surface area contributed by atoms with Gasteiger partial charge in [0.05, 0.1) is 11.9 Å². The molecule has 0 radical (unpaired) electrons. The molecule has 0 aromatic carbocycles. The van der Waals surface area contributed by atoms with Crippen LogP contribution in [0.1, 0.15) is 12.5 Å². The van der Waals surface area contributed by atoms with Gasteiger partial charge in [0.15, 0.2) is 0 Å². The van der Waals surface area contributed by atoms with E-state index in [1.807, 2.05) is 25.4 Å². The summed E-state index contributed by atoms with van der Waals surface area (Å²) in [5, 5.41) is 0. The van der Waals surface area contributed by atoms with E-state index in [1.54, 1.807) is 0 Å². The molecule has 0 amide bonds. The predicted octanol–water partition coefficient (Wildman–Crippen LogP) is 1.73. The molecule has 0 fully saturated rings. The third-order valence-corrected chi connectivity index (χ3v) is 1.65. The quantitative estimate of drug-likeness (QED) is 0.527. The first-order valence-corrected chi connectivity index (χ1v) is 3.33. The van der Waals surface area contributed by atoms with Crippen molar-refractivity contribution in [3.63, 3.8) is 0 Å². The van der Waals surface area contributed by atoms with Crippen LogP contribution in [-0.4, -0.2) is 10.7 Å². The molecule has 0 spiro atoms. The van der Waals surface area contributed by atoms with E-state index in [0.29, 0.717) is 0 Å². The fourth-order valence-corrected chi connectivity index (χ4v) is 1.19. The van der Waals surface area contributed by atoms with Crippen LogP contribution in [0.4, 0.5) is 5.69 Å². The molecule has 0 aliphatic carbocycles. The number of hydrogen-bond acceptors (Lipinski definition) is 2. The molecule has 10 heavy (non-hydrogen) atoms. The Kier molecular flexibility index (Phi) is 1.07. The maximum absolute atomic E-state index is 4.31. The van der Waals surface area contributed by atoms with Crippen molar-refractivity contribution in [3.05, 3.63) is 24.0 Å². The van der Waals surface area contributed by atoms with Crippen molar-refractivity contribution in [2.24, 2.45) is 4.99 Å². The summed E-state index contributed by atoms with van der Waals surface area (Å²) < 4.78 is 0. The van der Waals surface area contributed by atoms with Crippen molar-refractivity contribution in [2.75, 3.05) is 0 Å². The molecule has 0 bridgehead atoms. The van der Waals surface area contributed by atoms with E-state index in [4.69, 9.17) is 0 Å². The van der Waals surface area contributed by atoms with Gasteiger partial charge in [0.2, 0.25) is 0 Å². The van der Waals surface area contributed by atoms with Gasteiger partial charge < -0.3 is 0 Å². The first kappa shape index (κ1) is 5.59. The predicted molar refractivity (Wildman–Crippen MR) is 40.7 cm³/mol. The average molecular weight is 132 g/mol. The summed E-state index contributed by atoms with van der Waals surface area (Å²) in [7, 11) is 0. The second-order valence-electron chi connectivity index (χ2n) is 2.53. The molecule has 0 unspecified atom stereocenters. The highest BCUT2D eigenvalue weighted by atomic mass is 14.8. The lowest BCUT2D eigenvalue weighted by atomic mass is 10.2. The van der Waals surface area contributed by atoms with Gasteiger partial charge in [-0.15, -0.1) is 0 Å². The first-order valence-electron chi connectivity index (χ1n) is 3.33. The smallest absolute Gasteiger partial charge is 0.0847 e. The Balaban J connectivity index is 2.54. The number of nitrogens with zero attached hydrogens (tertiary/aromatic N) is 2. The van der Waals surface area contributed by atoms with Crippen molar-refractivity contribution in [3.8, 4) is 0 Å². The van der Waals surface area contributed by atoms with Crippen LogP contribution in [0.3, 0.4) is 0 Å². The Bertz CT molecular complexity index is 289. The van der Waals surface area contributed by atoms with E-state index in [2.05, 4.69) is 9.98 Å². The zero-order valence-electron chi connectivity index (χ0n) is 5.83. The second kappa shape index (κ2) is 1.90. The molecule has 2 heteroatoms. The van der Waals surface area contributed by atoms with Gasteiger partial charge in [-0.3, -0.25) is 9.98 Å². The van der Waals surface area contributed by atoms with Crippen LogP contribution in [0.5, 0.6) is 0 Å². The number of pyridine rings is 1. The molecule has 1 aromatic heterocycles. The highest BCUT2D eigenvalue weighted by molar-refractivity contribution is 5.91. The van der Waals surface area contributed by atoms with Gasteiger partial charge >= 0.3 is 0 Å². The van der Waals surface area contributed by atoms with Crippen LogP contribution < -0.4 is 0 Å². The third kappa shape index (κ3) is 0.727. The zero-order valence-corrected chi connectivity index (χ0v) is 5.83. The Hall–Kier alpha value is -1.18. The summed E-state index contributed by atoms with van der Waals surface area (Å²) in [6.07, 6.45) is 4.62. The van der Waals surface area contributed by atoms with Crippen LogP contribution in [0.2, 0.25) is 0 Å². The van der Waals surface area contributed by atoms with Crippen LogP contribution in [0.25, 0.3) is 0 Å². The maximum atomic E-state index is 4.31. The summed E-state index contributed by atoms with van der Waals surface area (Å²) in [5.74, 6) is 0. The number of aliphatic imine (C=N–C) groups is 1. The summed E-state index contributed by atoms with van der Waals surface area (Å²) in [6, 6.07) is 2.02. The summed E-state index contributed by atoms with van der Waals surface area (Å²) in [6.45, 7) is 2.04. The van der Waals surface area contributed by atoms with Crippen molar-refractivity contribution >= 4 is 11.4 Å². The normalized spacial score (nSPS) is 14.7. The minimum Gasteiger partial charge on any atom is -0.262 e. The molecule has 2 heterocycles. The molecule has 2 rings (SSSR count). The SMILES string of the molecule is CC1=Nc2cnccc2C1. The summed E-state index contributed by atoms with van der Waals surface area (Å²) in [5.41, 5.74) is 3.52. The lowest BCUT2D eigenvalue weighted by molar-refractivity contribution is 1.27. The minimum atomic E-state index is 0.998. The molecule has 0 atom stereocenters. The molecule has 1 aliphatic heterocycles. The van der Waals surface area contributed by atoms with E-state index < -0.39 is 0 Å². The number of fused-ring (bicyclic) bond motifs is 1. The summed E-state index contributed by atoms with van der Waals surface area (Å²) in [4.78, 5) is 8.29. The highest BCUT2D eigenvalue weighted by Gasteiger charge is 2.08. The zero-order chi connectivity index (χ0) is 6.97. The van der Waals surface area contributed by atoms with Crippen molar-refractivity contribution in [1.29, 1.82) is 0 Å². The largest absolute Gasteiger partial charge is 0.262 e. The first-order chi connectivity index (χ1) is 4.86. The topological polar surface area (TPSA) is 25.2 Å². The van der Waals surface area contributed by atoms with E-state index >= 15 is 0 Å². The molecule has 0 saturated carbocycles. The Morgan fingerprint density at radius 1 is 1.50 bits per heavy atom. The average Bonchev–Trinajstić information content (AvgIpc) is 2.27. The van der Waals surface area contributed by atoms with Crippen LogP contribution in [0.15, 0.2) is 23.5 Å². The minimum absolute atomic E-state index is 0.998. The van der Waals surface area contributed by atoms with Gasteiger partial charge in [0.1, 0.15) is 0 Å².